The van der Waals surface area contributed by atoms with E-state index in [1.165, 1.54) is 0 Å². The number of nitrogens with one attached hydrogen (secondary N) is 1. The van der Waals surface area contributed by atoms with Crippen LogP contribution in [0.5, 0.6) is 5.88 Å². The molecule has 0 bridgehead atoms. The number of ether oxygens (including phenoxy) is 1. The molecule has 0 aromatic carbocycles. The smallest absolute Gasteiger partial charge is 0.246 e. The minimum atomic E-state index is -0.741. The molecule has 36 heavy (non-hydrogen) atoms. The zero-order valence-electron chi connectivity index (χ0n) is 22.1. The third kappa shape index (κ3) is 5.38. The van der Waals surface area contributed by atoms with Gasteiger partial charge in [-0.25, -0.2) is 9.98 Å². The lowest BCUT2D eigenvalue weighted by molar-refractivity contribution is -0.131. The number of aliphatic imine (C=N–C) groups is 1. The minimum absolute atomic E-state index is 0.0830. The summed E-state index contributed by atoms with van der Waals surface area (Å²) in [7, 11) is 0. The highest BCUT2D eigenvalue weighted by Crippen LogP contribution is 2.44. The van der Waals surface area contributed by atoms with Crippen LogP contribution in [0.3, 0.4) is 0 Å². The van der Waals surface area contributed by atoms with Crippen molar-refractivity contribution in [1.82, 2.24) is 15.3 Å². The van der Waals surface area contributed by atoms with Crippen LogP contribution in [0.2, 0.25) is 0 Å². The quantitative estimate of drug-likeness (QED) is 0.560. The number of aliphatic hydroxyl groups excluding tert-OH is 1. The van der Waals surface area contributed by atoms with Crippen LogP contribution in [0.15, 0.2) is 40.9 Å². The lowest BCUT2D eigenvalue weighted by atomic mass is 9.68. The topological polar surface area (TPSA) is 123 Å². The van der Waals surface area contributed by atoms with Crippen molar-refractivity contribution in [3.63, 3.8) is 0 Å². The second-order valence-electron chi connectivity index (χ2n) is 11.5. The Morgan fingerprint density at radius 3 is 2.69 bits per heavy atom. The van der Waals surface area contributed by atoms with E-state index in [0.29, 0.717) is 35.7 Å². The normalized spacial score (nSPS) is 26.1. The van der Waals surface area contributed by atoms with Crippen LogP contribution in [-0.4, -0.2) is 45.4 Å². The number of fused-ring (bicyclic) bond motifs is 1. The van der Waals surface area contributed by atoms with Crippen LogP contribution in [0, 0.1) is 23.7 Å². The summed E-state index contributed by atoms with van der Waals surface area (Å²) in [5, 5.41) is 12.4. The van der Waals surface area contributed by atoms with Crippen molar-refractivity contribution >= 4 is 23.1 Å². The van der Waals surface area contributed by atoms with E-state index in [4.69, 9.17) is 15.5 Å². The van der Waals surface area contributed by atoms with Crippen molar-refractivity contribution in [2.45, 2.75) is 72.3 Å². The lowest BCUT2D eigenvalue weighted by Crippen LogP contribution is -2.42. The van der Waals surface area contributed by atoms with Gasteiger partial charge in [-0.3, -0.25) is 4.79 Å². The molecule has 1 spiro atoms. The molecule has 8 nitrogen and oxygen atoms in total. The molecule has 0 saturated heterocycles. The van der Waals surface area contributed by atoms with E-state index in [1.807, 2.05) is 13.8 Å². The van der Waals surface area contributed by atoms with Gasteiger partial charge in [0, 0.05) is 6.54 Å². The Hall–Kier alpha value is -3.00. The largest absolute Gasteiger partial charge is 0.463 e. The molecular formula is C28H39N5O3. The highest BCUT2D eigenvalue weighted by molar-refractivity contribution is 6.11. The van der Waals surface area contributed by atoms with Gasteiger partial charge in [0.25, 0.3) is 0 Å². The van der Waals surface area contributed by atoms with Crippen LogP contribution in [0.25, 0.3) is 0 Å². The van der Waals surface area contributed by atoms with Crippen molar-refractivity contribution in [2.75, 3.05) is 18.9 Å². The molecule has 0 unspecified atom stereocenters. The van der Waals surface area contributed by atoms with Gasteiger partial charge in [-0.1, -0.05) is 30.4 Å². The molecule has 4 rings (SSSR count). The summed E-state index contributed by atoms with van der Waals surface area (Å²) in [6.45, 7) is 9.81. The first kappa shape index (κ1) is 26.1. The molecule has 1 saturated carbocycles. The molecule has 1 fully saturated rings. The number of hydrogen-bond donors (Lipinski definition) is 3. The number of nitrogen functional groups attached to an aromatic ring is 1. The zero-order chi connectivity index (χ0) is 26.1. The SMILES string of the molecule is Cc1nc(N)c2c(n1)OC(C)(C)C(C1=C/C=C/C3(CC=C1)CCC(CNC(=O)C(C)(C)CO)CC3)=N2. The fourth-order valence-corrected chi connectivity index (χ4v) is 5.12. The van der Waals surface area contributed by atoms with E-state index in [-0.39, 0.29) is 17.9 Å². The third-order valence-corrected chi connectivity index (χ3v) is 7.62. The number of allylic oxidation sites excluding steroid dienone is 5. The number of anilines is 1. The predicted octanol–water partition coefficient (Wildman–Crippen LogP) is 4.36. The van der Waals surface area contributed by atoms with Crippen LogP contribution >= 0.6 is 0 Å². The molecule has 1 aromatic rings. The van der Waals surface area contributed by atoms with Crippen LogP contribution < -0.4 is 15.8 Å². The Kier molecular flexibility index (Phi) is 7.10. The van der Waals surface area contributed by atoms with Gasteiger partial charge in [0.2, 0.25) is 11.8 Å². The first-order valence-corrected chi connectivity index (χ1v) is 12.8. The summed E-state index contributed by atoms with van der Waals surface area (Å²) >= 11 is 0. The van der Waals surface area contributed by atoms with Gasteiger partial charge < -0.3 is 20.9 Å². The van der Waals surface area contributed by atoms with Gasteiger partial charge in [-0.2, -0.15) is 4.98 Å². The van der Waals surface area contributed by atoms with Crippen molar-refractivity contribution in [3.05, 3.63) is 41.8 Å². The standard InChI is InChI=1S/C28H39N5O3/c1-18-31-23(29)21-24(32-18)36-27(4,5)22(33-21)20-8-6-12-28(13-7-9-20)14-10-19(11-15-28)16-30-25(35)26(2,3)17-34/h6-9,12,19,34H,10-11,13-17H2,1-5H3,(H,30,35)(H2,29,31,32)/b9-7?,12-6+,20-8?. The van der Waals surface area contributed by atoms with E-state index in [9.17, 15) is 9.90 Å². The number of rotatable bonds is 5. The summed E-state index contributed by atoms with van der Waals surface area (Å²) < 4.78 is 6.20. The Labute approximate surface area is 213 Å². The number of aryl methyl sites for hydroxylation is 1. The molecule has 2 heterocycles. The Bertz CT molecular complexity index is 1140. The molecule has 4 N–H and O–H groups in total. The lowest BCUT2D eigenvalue weighted by Gasteiger charge is -2.38. The summed E-state index contributed by atoms with van der Waals surface area (Å²) in [5.41, 5.74) is 7.13. The van der Waals surface area contributed by atoms with Crippen molar-refractivity contribution < 1.29 is 14.6 Å². The average Bonchev–Trinajstić information content (AvgIpc) is 2.80. The van der Waals surface area contributed by atoms with Crippen LogP contribution in [0.4, 0.5) is 11.5 Å². The van der Waals surface area contributed by atoms with Gasteiger partial charge in [-0.15, -0.1) is 0 Å². The molecule has 8 heteroatoms. The Morgan fingerprint density at radius 1 is 1.28 bits per heavy atom. The van der Waals surface area contributed by atoms with Crippen molar-refractivity contribution in [1.29, 1.82) is 0 Å². The van der Waals surface area contributed by atoms with Crippen molar-refractivity contribution in [2.24, 2.45) is 21.7 Å². The summed E-state index contributed by atoms with van der Waals surface area (Å²) in [6.07, 6.45) is 16.2. The highest BCUT2D eigenvalue weighted by atomic mass is 16.5. The monoisotopic (exact) mass is 493 g/mol. The fraction of sp³-hybridized carbons (Fsp3) is 0.571. The number of aromatic nitrogens is 2. The van der Waals surface area contributed by atoms with Crippen LogP contribution in [0.1, 0.15) is 65.6 Å². The fourth-order valence-electron chi connectivity index (χ4n) is 5.12. The molecule has 3 aliphatic rings. The highest BCUT2D eigenvalue weighted by Gasteiger charge is 2.37. The number of carbonyl (C=O) groups excluding carboxylic acids is 1. The summed E-state index contributed by atoms with van der Waals surface area (Å²) in [6, 6.07) is 0. The summed E-state index contributed by atoms with van der Waals surface area (Å²) in [4.78, 5) is 25.8. The second kappa shape index (κ2) is 9.81. The third-order valence-electron chi connectivity index (χ3n) is 7.62. The molecule has 0 radical (unpaired) electrons. The number of hydrogen-bond acceptors (Lipinski definition) is 7. The maximum absolute atomic E-state index is 12.3. The number of nitrogens with two attached hydrogens (primary N) is 1. The summed E-state index contributed by atoms with van der Waals surface area (Å²) in [5.74, 6) is 1.69. The minimum Gasteiger partial charge on any atom is -0.463 e. The van der Waals surface area contributed by atoms with Gasteiger partial charge in [-0.05, 0) is 83.6 Å². The molecule has 1 amide bonds. The van der Waals surface area contributed by atoms with E-state index in [2.05, 4.69) is 45.7 Å². The maximum Gasteiger partial charge on any atom is 0.246 e. The molecule has 194 valence electrons. The molecular weight excluding hydrogens is 454 g/mol. The van der Waals surface area contributed by atoms with E-state index < -0.39 is 11.0 Å². The van der Waals surface area contributed by atoms with Crippen molar-refractivity contribution in [3.8, 4) is 5.88 Å². The van der Waals surface area contributed by atoms with E-state index in [0.717, 1.165) is 43.4 Å². The van der Waals surface area contributed by atoms with E-state index in [1.54, 1.807) is 20.8 Å². The van der Waals surface area contributed by atoms with Gasteiger partial charge in [0.05, 0.1) is 17.7 Å². The molecule has 1 aromatic heterocycles. The maximum atomic E-state index is 12.3. The second-order valence-corrected chi connectivity index (χ2v) is 11.5. The first-order chi connectivity index (χ1) is 16.9. The number of aliphatic hydroxyl groups is 1. The van der Waals surface area contributed by atoms with E-state index >= 15 is 0 Å². The zero-order valence-corrected chi connectivity index (χ0v) is 22.1. The van der Waals surface area contributed by atoms with Gasteiger partial charge in [0.15, 0.2) is 11.5 Å². The Balaban J connectivity index is 1.45. The molecule has 1 aliphatic heterocycles. The average molecular weight is 494 g/mol. The Morgan fingerprint density at radius 2 is 2.00 bits per heavy atom. The predicted molar refractivity (Wildman–Crippen MR) is 142 cm³/mol. The van der Waals surface area contributed by atoms with Gasteiger partial charge >= 0.3 is 0 Å². The number of amides is 1. The first-order valence-electron chi connectivity index (χ1n) is 12.8. The molecule has 2 aliphatic carbocycles. The number of nitrogens with zero attached hydrogens (tertiary/aromatic N) is 3. The van der Waals surface area contributed by atoms with Crippen LogP contribution in [-0.2, 0) is 4.79 Å². The molecule has 0 atom stereocenters. The number of carbonyl (C=O) groups is 1. The van der Waals surface area contributed by atoms with Gasteiger partial charge in [0.1, 0.15) is 11.4 Å².